The second-order valence-electron chi connectivity index (χ2n) is 5.16. The molecule has 0 aliphatic heterocycles. The van der Waals surface area contributed by atoms with Crippen molar-refractivity contribution in [3.8, 4) is 5.75 Å². The number of oxazole rings is 1. The molecule has 136 valence electrons. The van der Waals surface area contributed by atoms with Gasteiger partial charge in [-0.1, -0.05) is 11.6 Å². The minimum Gasteiger partial charge on any atom is -0.444 e. The molecule has 0 aliphatic rings. The first kappa shape index (κ1) is 19.0. The molecule has 9 heteroatoms. The maximum Gasteiger partial charge on any atom is 0.387 e. The number of halogens is 3. The zero-order valence-electron chi connectivity index (χ0n) is 14.1. The van der Waals surface area contributed by atoms with E-state index in [0.717, 1.165) is 11.5 Å². The van der Waals surface area contributed by atoms with Gasteiger partial charge in [0.2, 0.25) is 5.89 Å². The van der Waals surface area contributed by atoms with Crippen molar-refractivity contribution in [2.24, 2.45) is 4.99 Å². The average Bonchev–Trinajstić information content (AvgIpc) is 2.88. The summed E-state index contributed by atoms with van der Waals surface area (Å²) in [5.41, 5.74) is 1.31. The number of aliphatic imine (C=N–C) groups is 1. The normalized spacial score (nSPS) is 11.7. The Hall–Kier alpha value is -2.35. The minimum atomic E-state index is -2.91. The lowest BCUT2D eigenvalue weighted by Gasteiger charge is -2.14. The molecule has 6 nitrogen and oxygen atoms in total. The van der Waals surface area contributed by atoms with E-state index >= 15 is 0 Å². The molecule has 1 heterocycles. The Labute approximate surface area is 149 Å². The van der Waals surface area contributed by atoms with Gasteiger partial charge >= 0.3 is 6.61 Å². The summed E-state index contributed by atoms with van der Waals surface area (Å²) in [4.78, 5) is 8.32. The Morgan fingerprint density at radius 2 is 2.04 bits per heavy atom. The fourth-order valence-electron chi connectivity index (χ4n) is 2.07. The average molecular weight is 373 g/mol. The molecule has 0 radical (unpaired) electrons. The summed E-state index contributed by atoms with van der Waals surface area (Å²) in [5.74, 6) is 1.80. The standard InChI is InChI=1S/C16H19ClF2N4O2/c1-9-10(2)24-14(23-9)8-22-16(20-3)21-7-11-6-12(17)4-5-13(11)25-15(18)19/h4-6,15H,7-8H2,1-3H3,(H2,20,21,22). The van der Waals surface area contributed by atoms with Crippen molar-refractivity contribution in [1.29, 1.82) is 0 Å². The maximum atomic E-state index is 12.5. The van der Waals surface area contributed by atoms with Crippen LogP contribution in [0.25, 0.3) is 0 Å². The molecule has 0 aliphatic carbocycles. The van der Waals surface area contributed by atoms with Crippen LogP contribution in [0.4, 0.5) is 8.78 Å². The summed E-state index contributed by atoms with van der Waals surface area (Å²) in [6.07, 6.45) is 0. The van der Waals surface area contributed by atoms with Gasteiger partial charge in [-0.25, -0.2) is 4.98 Å². The molecule has 2 rings (SSSR count). The van der Waals surface area contributed by atoms with Crippen LogP contribution in [0.3, 0.4) is 0 Å². The molecule has 0 saturated heterocycles. The van der Waals surface area contributed by atoms with E-state index in [1.165, 1.54) is 12.1 Å². The van der Waals surface area contributed by atoms with E-state index in [9.17, 15) is 8.78 Å². The monoisotopic (exact) mass is 372 g/mol. The van der Waals surface area contributed by atoms with Crippen molar-refractivity contribution in [1.82, 2.24) is 15.6 Å². The number of hydrogen-bond acceptors (Lipinski definition) is 4. The van der Waals surface area contributed by atoms with Crippen LogP contribution in [-0.2, 0) is 13.1 Å². The lowest BCUT2D eigenvalue weighted by Crippen LogP contribution is -2.36. The van der Waals surface area contributed by atoms with Gasteiger partial charge in [0.05, 0.1) is 12.2 Å². The molecule has 1 aromatic heterocycles. The van der Waals surface area contributed by atoms with E-state index in [4.69, 9.17) is 16.0 Å². The van der Waals surface area contributed by atoms with Gasteiger partial charge in [-0.15, -0.1) is 0 Å². The summed E-state index contributed by atoms with van der Waals surface area (Å²) in [6.45, 7) is 1.33. The number of hydrogen-bond donors (Lipinski definition) is 2. The van der Waals surface area contributed by atoms with E-state index in [2.05, 4.69) is 25.3 Å². The Bertz CT molecular complexity index is 730. The van der Waals surface area contributed by atoms with Gasteiger partial charge in [0.25, 0.3) is 0 Å². The molecular formula is C16H19ClF2N4O2. The fraction of sp³-hybridized carbons (Fsp3) is 0.375. The van der Waals surface area contributed by atoms with Crippen LogP contribution in [0.5, 0.6) is 5.75 Å². The highest BCUT2D eigenvalue weighted by atomic mass is 35.5. The van der Waals surface area contributed by atoms with Crippen LogP contribution in [0.15, 0.2) is 27.6 Å². The summed E-state index contributed by atoms with van der Waals surface area (Å²) in [5, 5.41) is 6.46. The first-order chi connectivity index (χ1) is 11.9. The highest BCUT2D eigenvalue weighted by Crippen LogP contribution is 2.24. The molecule has 0 bridgehead atoms. The lowest BCUT2D eigenvalue weighted by molar-refractivity contribution is -0.0504. The molecule has 0 spiro atoms. The van der Waals surface area contributed by atoms with Crippen LogP contribution >= 0.6 is 11.6 Å². The summed E-state index contributed by atoms with van der Waals surface area (Å²) < 4.78 is 34.9. The Morgan fingerprint density at radius 1 is 1.32 bits per heavy atom. The SMILES string of the molecule is CN=C(NCc1nc(C)c(C)o1)NCc1cc(Cl)ccc1OC(F)F. The van der Waals surface area contributed by atoms with Gasteiger partial charge in [0, 0.05) is 24.2 Å². The number of benzene rings is 1. The predicted molar refractivity (Wildman–Crippen MR) is 91.1 cm³/mol. The van der Waals surface area contributed by atoms with E-state index in [1.54, 1.807) is 13.1 Å². The van der Waals surface area contributed by atoms with Gasteiger partial charge in [0.15, 0.2) is 5.96 Å². The highest BCUT2D eigenvalue weighted by Gasteiger charge is 2.11. The predicted octanol–water partition coefficient (Wildman–Crippen LogP) is 3.41. The molecule has 0 fully saturated rings. The van der Waals surface area contributed by atoms with E-state index in [-0.39, 0.29) is 12.3 Å². The molecule has 2 aromatic rings. The van der Waals surface area contributed by atoms with Crippen molar-refractivity contribution in [3.05, 3.63) is 46.1 Å². The fourth-order valence-corrected chi connectivity index (χ4v) is 2.27. The van der Waals surface area contributed by atoms with Crippen molar-refractivity contribution < 1.29 is 17.9 Å². The van der Waals surface area contributed by atoms with Crippen molar-refractivity contribution >= 4 is 17.6 Å². The van der Waals surface area contributed by atoms with Gasteiger partial charge in [-0.2, -0.15) is 8.78 Å². The number of aromatic nitrogens is 1. The molecule has 1 aromatic carbocycles. The van der Waals surface area contributed by atoms with Gasteiger partial charge in [-0.05, 0) is 32.0 Å². The Kier molecular flexibility index (Phi) is 6.58. The van der Waals surface area contributed by atoms with Crippen LogP contribution in [0, 0.1) is 13.8 Å². The zero-order chi connectivity index (χ0) is 18.4. The Morgan fingerprint density at radius 3 is 2.64 bits per heavy atom. The van der Waals surface area contributed by atoms with Crippen LogP contribution in [0.2, 0.25) is 5.02 Å². The topological polar surface area (TPSA) is 71.7 Å². The lowest BCUT2D eigenvalue weighted by atomic mass is 10.2. The van der Waals surface area contributed by atoms with E-state index in [0.29, 0.717) is 29.0 Å². The molecule has 0 atom stereocenters. The maximum absolute atomic E-state index is 12.5. The highest BCUT2D eigenvalue weighted by molar-refractivity contribution is 6.30. The van der Waals surface area contributed by atoms with Gasteiger partial charge in [-0.3, -0.25) is 4.99 Å². The smallest absolute Gasteiger partial charge is 0.387 e. The number of aryl methyl sites for hydroxylation is 2. The zero-order valence-corrected chi connectivity index (χ0v) is 14.8. The Balaban J connectivity index is 1.97. The molecule has 25 heavy (non-hydrogen) atoms. The number of guanidine groups is 1. The number of nitrogens with one attached hydrogen (secondary N) is 2. The third-order valence-electron chi connectivity index (χ3n) is 3.39. The quantitative estimate of drug-likeness (QED) is 0.600. The van der Waals surface area contributed by atoms with E-state index < -0.39 is 6.61 Å². The van der Waals surface area contributed by atoms with Crippen molar-refractivity contribution in [2.45, 2.75) is 33.5 Å². The summed E-state index contributed by atoms with van der Waals surface area (Å²) in [7, 11) is 1.59. The molecule has 0 unspecified atom stereocenters. The number of ether oxygens (including phenoxy) is 1. The van der Waals surface area contributed by atoms with Crippen LogP contribution in [-0.4, -0.2) is 24.6 Å². The van der Waals surface area contributed by atoms with Crippen LogP contribution in [0.1, 0.15) is 22.9 Å². The van der Waals surface area contributed by atoms with Crippen molar-refractivity contribution in [2.75, 3.05) is 7.05 Å². The van der Waals surface area contributed by atoms with E-state index in [1.807, 2.05) is 13.8 Å². The number of nitrogens with zero attached hydrogens (tertiary/aromatic N) is 2. The number of rotatable bonds is 6. The molecule has 2 N–H and O–H groups in total. The minimum absolute atomic E-state index is 0.0568. The number of alkyl halides is 2. The third kappa shape index (κ3) is 5.60. The summed E-state index contributed by atoms with van der Waals surface area (Å²) >= 11 is 5.92. The third-order valence-corrected chi connectivity index (χ3v) is 3.62. The molecule has 0 amide bonds. The second kappa shape index (κ2) is 8.66. The molecule has 0 saturated carbocycles. The largest absolute Gasteiger partial charge is 0.444 e. The van der Waals surface area contributed by atoms with Gasteiger partial charge in [0.1, 0.15) is 11.5 Å². The van der Waals surface area contributed by atoms with Crippen LogP contribution < -0.4 is 15.4 Å². The summed E-state index contributed by atoms with van der Waals surface area (Å²) in [6, 6.07) is 4.45. The first-order valence-corrected chi connectivity index (χ1v) is 7.87. The molecular weight excluding hydrogens is 354 g/mol. The van der Waals surface area contributed by atoms with Gasteiger partial charge < -0.3 is 19.8 Å². The second-order valence-corrected chi connectivity index (χ2v) is 5.60. The first-order valence-electron chi connectivity index (χ1n) is 7.49. The van der Waals surface area contributed by atoms with Crippen molar-refractivity contribution in [3.63, 3.8) is 0 Å².